The predicted octanol–water partition coefficient (Wildman–Crippen LogP) is 9.37. The molecule has 0 aliphatic heterocycles. The van der Waals surface area contributed by atoms with Gasteiger partial charge < -0.3 is 0 Å². The SMILES string of the molecule is C=CC(=C\C)/C(/C=C\C)=C/C=C/c1ccc2c(c1)sc1cc(-c3ccccc3)ccc12. The van der Waals surface area contributed by atoms with E-state index >= 15 is 0 Å². The lowest BCUT2D eigenvalue weighted by Gasteiger charge is -2.01. The van der Waals surface area contributed by atoms with E-state index < -0.39 is 0 Å². The van der Waals surface area contributed by atoms with Crippen molar-refractivity contribution in [3.05, 3.63) is 126 Å². The summed E-state index contributed by atoms with van der Waals surface area (Å²) < 4.78 is 2.65. The largest absolute Gasteiger partial charge is 0.135 e. The van der Waals surface area contributed by atoms with Crippen LogP contribution in [0, 0.1) is 0 Å². The Bertz CT molecular complexity index is 1340. The van der Waals surface area contributed by atoms with E-state index in [4.69, 9.17) is 0 Å². The first-order chi connectivity index (χ1) is 15.2. The van der Waals surface area contributed by atoms with Crippen LogP contribution in [-0.2, 0) is 0 Å². The third-order valence-corrected chi connectivity index (χ3v) is 6.49. The maximum absolute atomic E-state index is 3.92. The first kappa shape index (κ1) is 20.8. The fourth-order valence-corrected chi connectivity index (χ4v) is 4.99. The summed E-state index contributed by atoms with van der Waals surface area (Å²) in [6.45, 7) is 7.99. The molecule has 0 aliphatic rings. The van der Waals surface area contributed by atoms with Gasteiger partial charge in [-0.15, -0.1) is 11.3 Å². The molecule has 0 N–H and O–H groups in total. The average Bonchev–Trinajstić information content (AvgIpc) is 3.17. The van der Waals surface area contributed by atoms with Crippen LogP contribution < -0.4 is 0 Å². The Morgan fingerprint density at radius 1 is 0.806 bits per heavy atom. The molecule has 0 bridgehead atoms. The number of allylic oxidation sites excluding steroid dienone is 8. The zero-order valence-corrected chi connectivity index (χ0v) is 18.8. The molecule has 0 saturated heterocycles. The van der Waals surface area contributed by atoms with Gasteiger partial charge >= 0.3 is 0 Å². The molecule has 0 radical (unpaired) electrons. The monoisotopic (exact) mass is 418 g/mol. The quantitative estimate of drug-likeness (QED) is 0.274. The topological polar surface area (TPSA) is 0 Å². The molecule has 152 valence electrons. The lowest BCUT2D eigenvalue weighted by Crippen LogP contribution is -1.81. The Morgan fingerprint density at radius 3 is 2.26 bits per heavy atom. The highest BCUT2D eigenvalue weighted by Gasteiger charge is 2.07. The Labute approximate surface area is 188 Å². The molecule has 4 aromatic rings. The first-order valence-electron chi connectivity index (χ1n) is 10.6. The zero-order chi connectivity index (χ0) is 21.6. The maximum Gasteiger partial charge on any atom is 0.0361 e. The molecule has 0 unspecified atom stereocenters. The number of hydrogen-bond acceptors (Lipinski definition) is 1. The Kier molecular flexibility index (Phi) is 6.45. The van der Waals surface area contributed by atoms with Crippen LogP contribution in [0.1, 0.15) is 19.4 Å². The van der Waals surface area contributed by atoms with Crippen molar-refractivity contribution in [1.82, 2.24) is 0 Å². The van der Waals surface area contributed by atoms with E-state index in [1.807, 2.05) is 31.3 Å². The van der Waals surface area contributed by atoms with Crippen LogP contribution in [0.4, 0.5) is 0 Å². The van der Waals surface area contributed by atoms with Crippen molar-refractivity contribution >= 4 is 37.6 Å². The van der Waals surface area contributed by atoms with Crippen molar-refractivity contribution in [2.75, 3.05) is 0 Å². The molecule has 0 fully saturated rings. The van der Waals surface area contributed by atoms with Gasteiger partial charge in [0.2, 0.25) is 0 Å². The van der Waals surface area contributed by atoms with Crippen LogP contribution in [0.3, 0.4) is 0 Å². The third-order valence-electron chi connectivity index (χ3n) is 5.38. The summed E-state index contributed by atoms with van der Waals surface area (Å²) in [5.41, 5.74) is 6.03. The van der Waals surface area contributed by atoms with Gasteiger partial charge in [0.05, 0.1) is 0 Å². The van der Waals surface area contributed by atoms with E-state index in [1.54, 1.807) is 0 Å². The van der Waals surface area contributed by atoms with Gasteiger partial charge in [0.15, 0.2) is 0 Å². The normalized spacial score (nSPS) is 13.1. The molecule has 0 atom stereocenters. The Morgan fingerprint density at radius 2 is 1.55 bits per heavy atom. The summed E-state index contributed by atoms with van der Waals surface area (Å²) in [7, 11) is 0. The van der Waals surface area contributed by atoms with E-state index in [-0.39, 0.29) is 0 Å². The second-order valence-electron chi connectivity index (χ2n) is 7.36. The molecule has 0 spiro atoms. The minimum atomic E-state index is 1.14. The third kappa shape index (κ3) is 4.52. The van der Waals surface area contributed by atoms with Crippen LogP contribution in [0.2, 0.25) is 0 Å². The minimum absolute atomic E-state index is 1.14. The van der Waals surface area contributed by atoms with Gasteiger partial charge in [-0.1, -0.05) is 104 Å². The molecule has 0 nitrogen and oxygen atoms in total. The highest BCUT2D eigenvalue weighted by molar-refractivity contribution is 7.25. The molecule has 0 saturated carbocycles. The van der Waals surface area contributed by atoms with Crippen molar-refractivity contribution in [3.63, 3.8) is 0 Å². The van der Waals surface area contributed by atoms with E-state index in [1.165, 1.54) is 36.9 Å². The molecular weight excluding hydrogens is 392 g/mol. The summed E-state index contributed by atoms with van der Waals surface area (Å²) in [6.07, 6.45) is 14.6. The standard InChI is InChI=1S/C30H26S/c1-4-11-24(23(5-2)6-3)15-10-12-22-16-18-27-28-19-17-26(25-13-8-7-9-14-25)21-30(28)31-29(27)20-22/h4-21H,2H2,1,3H3/b11-4-,12-10+,23-6+,24-15+. The molecule has 0 aliphatic carbocycles. The van der Waals surface area contributed by atoms with Crippen molar-refractivity contribution in [1.29, 1.82) is 0 Å². The summed E-state index contributed by atoms with van der Waals surface area (Å²) in [5, 5.41) is 2.65. The zero-order valence-electron chi connectivity index (χ0n) is 18.0. The fourth-order valence-electron chi connectivity index (χ4n) is 3.80. The number of benzene rings is 3. The van der Waals surface area contributed by atoms with Crippen molar-refractivity contribution in [2.45, 2.75) is 13.8 Å². The van der Waals surface area contributed by atoms with Crippen LogP contribution in [0.5, 0.6) is 0 Å². The smallest absolute Gasteiger partial charge is 0.0361 e. The molecule has 1 heterocycles. The van der Waals surface area contributed by atoms with E-state index in [2.05, 4.69) is 110 Å². The van der Waals surface area contributed by atoms with Crippen molar-refractivity contribution in [2.24, 2.45) is 0 Å². The molecule has 31 heavy (non-hydrogen) atoms. The molecule has 3 aromatic carbocycles. The number of thiophene rings is 1. The summed E-state index contributed by atoms with van der Waals surface area (Å²) in [5.74, 6) is 0. The summed E-state index contributed by atoms with van der Waals surface area (Å²) >= 11 is 1.86. The fraction of sp³-hybridized carbons (Fsp3) is 0.0667. The lowest BCUT2D eigenvalue weighted by molar-refractivity contribution is 1.49. The second kappa shape index (κ2) is 9.59. The number of fused-ring (bicyclic) bond motifs is 3. The van der Waals surface area contributed by atoms with Gasteiger partial charge in [-0.05, 0) is 53.8 Å². The predicted molar refractivity (Wildman–Crippen MR) is 141 cm³/mol. The second-order valence-corrected chi connectivity index (χ2v) is 8.45. The van der Waals surface area contributed by atoms with Gasteiger partial charge in [0.1, 0.15) is 0 Å². The maximum atomic E-state index is 3.92. The van der Waals surface area contributed by atoms with Gasteiger partial charge in [0, 0.05) is 20.2 Å². The molecule has 1 heteroatoms. The number of hydrogen-bond donors (Lipinski definition) is 0. The van der Waals surface area contributed by atoms with Crippen LogP contribution >= 0.6 is 11.3 Å². The van der Waals surface area contributed by atoms with Crippen molar-refractivity contribution < 1.29 is 0 Å². The van der Waals surface area contributed by atoms with E-state index in [0.717, 1.165) is 11.1 Å². The van der Waals surface area contributed by atoms with Crippen LogP contribution in [-0.4, -0.2) is 0 Å². The summed E-state index contributed by atoms with van der Waals surface area (Å²) in [4.78, 5) is 0. The van der Waals surface area contributed by atoms with Gasteiger partial charge in [-0.3, -0.25) is 0 Å². The molecule has 4 rings (SSSR count). The molecule has 1 aromatic heterocycles. The van der Waals surface area contributed by atoms with E-state index in [0.29, 0.717) is 0 Å². The summed E-state index contributed by atoms with van der Waals surface area (Å²) in [6, 6.07) is 24.1. The molecular formula is C30H26S. The average molecular weight is 419 g/mol. The van der Waals surface area contributed by atoms with Crippen molar-refractivity contribution in [3.8, 4) is 11.1 Å². The van der Waals surface area contributed by atoms with Gasteiger partial charge in [-0.2, -0.15) is 0 Å². The van der Waals surface area contributed by atoms with Crippen LogP contribution in [0.25, 0.3) is 37.4 Å². The first-order valence-corrected chi connectivity index (χ1v) is 11.4. The highest BCUT2D eigenvalue weighted by Crippen LogP contribution is 2.37. The Balaban J connectivity index is 1.67. The minimum Gasteiger partial charge on any atom is -0.135 e. The van der Waals surface area contributed by atoms with Crippen LogP contribution in [0.15, 0.2) is 121 Å². The van der Waals surface area contributed by atoms with Gasteiger partial charge in [0.25, 0.3) is 0 Å². The highest BCUT2D eigenvalue weighted by atomic mass is 32.1. The number of rotatable bonds is 6. The molecule has 0 amide bonds. The lowest BCUT2D eigenvalue weighted by atomic mass is 10.0. The van der Waals surface area contributed by atoms with E-state index in [9.17, 15) is 0 Å². The Hall–Kier alpha value is -3.42. The van der Waals surface area contributed by atoms with Gasteiger partial charge in [-0.25, -0.2) is 0 Å².